The Morgan fingerprint density at radius 1 is 1.40 bits per heavy atom. The van der Waals surface area contributed by atoms with Crippen LogP contribution >= 0.6 is 0 Å². The number of amides is 2. The average Bonchev–Trinajstić information content (AvgIpc) is 2.36. The Kier molecular flexibility index (Phi) is 5.80. The highest BCUT2D eigenvalue weighted by Crippen LogP contribution is 2.28. The van der Waals surface area contributed by atoms with Crippen molar-refractivity contribution in [3.63, 3.8) is 0 Å². The molecule has 2 unspecified atom stereocenters. The molecule has 0 bridgehead atoms. The SMILES string of the molecule is CC(CCN(C)C)NC(=O)N1CCCCC1(C)C(=O)O. The molecule has 0 aromatic carbocycles. The molecular formula is C14H27N3O3. The number of carbonyl (C=O) groups is 2. The van der Waals surface area contributed by atoms with E-state index in [0.29, 0.717) is 13.0 Å². The molecule has 1 aliphatic heterocycles. The van der Waals surface area contributed by atoms with E-state index >= 15 is 0 Å². The summed E-state index contributed by atoms with van der Waals surface area (Å²) < 4.78 is 0. The Balaban J connectivity index is 2.62. The van der Waals surface area contributed by atoms with Crippen molar-refractivity contribution in [3.8, 4) is 0 Å². The van der Waals surface area contributed by atoms with Crippen molar-refractivity contribution < 1.29 is 14.7 Å². The minimum atomic E-state index is -1.08. The summed E-state index contributed by atoms with van der Waals surface area (Å²) in [4.78, 5) is 27.3. The molecule has 1 heterocycles. The van der Waals surface area contributed by atoms with E-state index in [2.05, 4.69) is 10.2 Å². The van der Waals surface area contributed by atoms with Gasteiger partial charge in [0.25, 0.3) is 0 Å². The van der Waals surface area contributed by atoms with Gasteiger partial charge in [0.1, 0.15) is 5.54 Å². The number of carbonyl (C=O) groups excluding carboxylic acids is 1. The van der Waals surface area contributed by atoms with Crippen LogP contribution in [0.3, 0.4) is 0 Å². The minimum absolute atomic E-state index is 0.0323. The van der Waals surface area contributed by atoms with Crippen LogP contribution in [-0.4, -0.2) is 65.7 Å². The maximum absolute atomic E-state index is 12.3. The lowest BCUT2D eigenvalue weighted by Crippen LogP contribution is -2.60. The molecule has 0 radical (unpaired) electrons. The van der Waals surface area contributed by atoms with Crippen LogP contribution in [0.1, 0.15) is 39.5 Å². The molecule has 116 valence electrons. The standard InChI is InChI=1S/C14H27N3O3/c1-11(7-10-16(3)4)15-13(20)17-9-6-5-8-14(17,2)12(18)19/h11H,5-10H2,1-4H3,(H,15,20)(H,18,19). The first-order valence-electron chi connectivity index (χ1n) is 7.23. The molecule has 0 spiro atoms. The lowest BCUT2D eigenvalue weighted by atomic mass is 9.89. The Hall–Kier alpha value is -1.30. The molecule has 0 aromatic rings. The number of piperidine rings is 1. The van der Waals surface area contributed by atoms with Gasteiger partial charge in [0.05, 0.1) is 0 Å². The van der Waals surface area contributed by atoms with Gasteiger partial charge >= 0.3 is 12.0 Å². The molecule has 6 heteroatoms. The summed E-state index contributed by atoms with van der Waals surface area (Å²) >= 11 is 0. The maximum Gasteiger partial charge on any atom is 0.329 e. The largest absolute Gasteiger partial charge is 0.480 e. The number of nitrogens with one attached hydrogen (secondary N) is 1. The predicted molar refractivity (Wildman–Crippen MR) is 77.8 cm³/mol. The average molecular weight is 285 g/mol. The second-order valence-electron chi connectivity index (χ2n) is 6.13. The molecule has 1 aliphatic rings. The molecule has 0 aliphatic carbocycles. The van der Waals surface area contributed by atoms with Gasteiger partial charge in [-0.05, 0) is 60.2 Å². The Labute approximate surface area is 121 Å². The highest BCUT2D eigenvalue weighted by Gasteiger charge is 2.44. The fourth-order valence-electron chi connectivity index (χ4n) is 2.48. The number of hydrogen-bond donors (Lipinski definition) is 2. The van der Waals surface area contributed by atoms with Gasteiger partial charge in [0.15, 0.2) is 0 Å². The maximum atomic E-state index is 12.3. The smallest absolute Gasteiger partial charge is 0.329 e. The van der Waals surface area contributed by atoms with Gasteiger partial charge in [-0.15, -0.1) is 0 Å². The molecule has 20 heavy (non-hydrogen) atoms. The van der Waals surface area contributed by atoms with E-state index in [9.17, 15) is 14.7 Å². The normalized spacial score (nSPS) is 24.6. The molecule has 0 saturated carbocycles. The molecular weight excluding hydrogens is 258 g/mol. The summed E-state index contributed by atoms with van der Waals surface area (Å²) in [5.41, 5.74) is -1.08. The van der Waals surface area contributed by atoms with Gasteiger partial charge < -0.3 is 20.2 Å². The number of nitrogens with zero attached hydrogens (tertiary/aromatic N) is 2. The van der Waals surface area contributed by atoms with Gasteiger partial charge in [-0.2, -0.15) is 0 Å². The number of carboxylic acids is 1. The third kappa shape index (κ3) is 4.10. The molecule has 1 fully saturated rings. The fraction of sp³-hybridized carbons (Fsp3) is 0.857. The van der Waals surface area contributed by atoms with E-state index in [1.165, 1.54) is 4.90 Å². The second kappa shape index (κ2) is 6.92. The molecule has 6 nitrogen and oxygen atoms in total. The van der Waals surface area contributed by atoms with Crippen LogP contribution in [-0.2, 0) is 4.79 Å². The van der Waals surface area contributed by atoms with E-state index in [4.69, 9.17) is 0 Å². The minimum Gasteiger partial charge on any atom is -0.480 e. The zero-order valence-corrected chi connectivity index (χ0v) is 13.0. The van der Waals surface area contributed by atoms with Crippen LogP contribution in [0.4, 0.5) is 4.79 Å². The van der Waals surface area contributed by atoms with Crippen LogP contribution in [0.25, 0.3) is 0 Å². The summed E-state index contributed by atoms with van der Waals surface area (Å²) in [5, 5.41) is 12.3. The van der Waals surface area contributed by atoms with Crippen LogP contribution in [0.5, 0.6) is 0 Å². The Bertz CT molecular complexity index is 360. The number of urea groups is 1. The van der Waals surface area contributed by atoms with Gasteiger partial charge in [0.2, 0.25) is 0 Å². The van der Waals surface area contributed by atoms with Crippen LogP contribution in [0.15, 0.2) is 0 Å². The van der Waals surface area contributed by atoms with E-state index in [1.807, 2.05) is 21.0 Å². The van der Waals surface area contributed by atoms with Crippen LogP contribution < -0.4 is 5.32 Å². The van der Waals surface area contributed by atoms with Crippen LogP contribution in [0.2, 0.25) is 0 Å². The lowest BCUT2D eigenvalue weighted by molar-refractivity contribution is -0.150. The van der Waals surface area contributed by atoms with Crippen molar-refractivity contribution >= 4 is 12.0 Å². The third-order valence-electron chi connectivity index (χ3n) is 3.98. The first-order chi connectivity index (χ1) is 9.27. The first-order valence-corrected chi connectivity index (χ1v) is 7.23. The number of aliphatic carboxylic acids is 1. The highest BCUT2D eigenvalue weighted by molar-refractivity contribution is 5.86. The molecule has 1 rings (SSSR count). The molecule has 2 N–H and O–H groups in total. The van der Waals surface area contributed by atoms with Gasteiger partial charge in [-0.3, -0.25) is 0 Å². The fourth-order valence-corrected chi connectivity index (χ4v) is 2.48. The zero-order chi connectivity index (χ0) is 15.3. The van der Waals surface area contributed by atoms with Crippen molar-refractivity contribution in [2.24, 2.45) is 0 Å². The summed E-state index contributed by atoms with van der Waals surface area (Å²) in [5.74, 6) is -0.923. The van der Waals surface area contributed by atoms with E-state index in [1.54, 1.807) is 6.92 Å². The third-order valence-corrected chi connectivity index (χ3v) is 3.98. The quantitative estimate of drug-likeness (QED) is 0.800. The number of rotatable bonds is 5. The van der Waals surface area contributed by atoms with Crippen molar-refractivity contribution in [3.05, 3.63) is 0 Å². The monoisotopic (exact) mass is 285 g/mol. The second-order valence-corrected chi connectivity index (χ2v) is 6.13. The highest BCUT2D eigenvalue weighted by atomic mass is 16.4. The van der Waals surface area contributed by atoms with Crippen molar-refractivity contribution in [2.45, 2.75) is 51.1 Å². The zero-order valence-electron chi connectivity index (χ0n) is 13.0. The lowest BCUT2D eigenvalue weighted by Gasteiger charge is -2.41. The topological polar surface area (TPSA) is 72.9 Å². The summed E-state index contributed by atoms with van der Waals surface area (Å²) in [6.07, 6.45) is 3.07. The summed E-state index contributed by atoms with van der Waals surface area (Å²) in [6, 6.07) is -0.231. The van der Waals surface area contributed by atoms with E-state index < -0.39 is 11.5 Å². The Morgan fingerprint density at radius 2 is 2.05 bits per heavy atom. The predicted octanol–water partition coefficient (Wildman–Crippen LogP) is 1.37. The molecule has 2 amide bonds. The molecule has 2 atom stereocenters. The molecule has 0 aromatic heterocycles. The summed E-state index contributed by atoms with van der Waals surface area (Å²) in [7, 11) is 3.97. The van der Waals surface area contributed by atoms with Crippen LogP contribution in [0, 0.1) is 0 Å². The Morgan fingerprint density at radius 3 is 2.60 bits per heavy atom. The summed E-state index contributed by atoms with van der Waals surface area (Å²) in [6.45, 7) is 4.98. The number of carboxylic acid groups (broad SMARTS) is 1. The van der Waals surface area contributed by atoms with E-state index in [0.717, 1.165) is 25.8 Å². The van der Waals surface area contributed by atoms with Crippen molar-refractivity contribution in [1.82, 2.24) is 15.1 Å². The van der Waals surface area contributed by atoms with Crippen molar-refractivity contribution in [1.29, 1.82) is 0 Å². The van der Waals surface area contributed by atoms with Gasteiger partial charge in [-0.1, -0.05) is 0 Å². The van der Waals surface area contributed by atoms with E-state index in [-0.39, 0.29) is 12.1 Å². The van der Waals surface area contributed by atoms with Gasteiger partial charge in [0, 0.05) is 12.6 Å². The van der Waals surface area contributed by atoms with Gasteiger partial charge in [-0.25, -0.2) is 9.59 Å². The number of hydrogen-bond acceptors (Lipinski definition) is 3. The van der Waals surface area contributed by atoms with Crippen molar-refractivity contribution in [2.75, 3.05) is 27.2 Å². The number of likely N-dealkylation sites (tertiary alicyclic amines) is 1. The molecule has 1 saturated heterocycles. The first kappa shape index (κ1) is 16.8.